The van der Waals surface area contributed by atoms with Crippen LogP contribution in [0.1, 0.15) is 11.3 Å². The molecular weight excluding hydrogens is 210 g/mol. The first-order chi connectivity index (χ1) is 7.22. The molecule has 2 nitrogen and oxygen atoms in total. The van der Waals surface area contributed by atoms with Crippen LogP contribution < -0.4 is 0 Å². The van der Waals surface area contributed by atoms with Gasteiger partial charge in [-0.1, -0.05) is 17.7 Å². The highest BCUT2D eigenvalue weighted by Gasteiger charge is 2.03. The van der Waals surface area contributed by atoms with Crippen LogP contribution in [0.2, 0.25) is 5.02 Å². The molecular formula is C12H12ClNO. The van der Waals surface area contributed by atoms with Crippen LogP contribution in [-0.4, -0.2) is 12.1 Å². The van der Waals surface area contributed by atoms with Gasteiger partial charge in [0.1, 0.15) is 0 Å². The second-order valence-electron chi connectivity index (χ2n) is 3.52. The second-order valence-corrected chi connectivity index (χ2v) is 3.93. The van der Waals surface area contributed by atoms with Crippen molar-refractivity contribution in [1.82, 2.24) is 4.98 Å². The maximum Gasteiger partial charge on any atom is 0.0884 e. The summed E-state index contributed by atoms with van der Waals surface area (Å²) in [5.41, 5.74) is 2.13. The SMILES string of the molecule is COCc1cc2c(C)ccc(Cl)c2cn1. The van der Waals surface area contributed by atoms with Gasteiger partial charge in [0.25, 0.3) is 0 Å². The van der Waals surface area contributed by atoms with E-state index < -0.39 is 0 Å². The zero-order valence-electron chi connectivity index (χ0n) is 8.75. The third-order valence-corrected chi connectivity index (χ3v) is 2.74. The maximum atomic E-state index is 6.09. The molecule has 0 amide bonds. The number of ether oxygens (including phenoxy) is 1. The molecule has 0 fully saturated rings. The Morgan fingerprint density at radius 2 is 2.13 bits per heavy atom. The van der Waals surface area contributed by atoms with E-state index in [0.717, 1.165) is 21.5 Å². The van der Waals surface area contributed by atoms with E-state index in [1.54, 1.807) is 13.3 Å². The molecule has 0 saturated carbocycles. The van der Waals surface area contributed by atoms with Crippen LogP contribution in [0.4, 0.5) is 0 Å². The summed E-state index contributed by atoms with van der Waals surface area (Å²) < 4.78 is 5.05. The fourth-order valence-corrected chi connectivity index (χ4v) is 1.83. The molecule has 0 atom stereocenters. The average Bonchev–Trinajstić information content (AvgIpc) is 2.24. The van der Waals surface area contributed by atoms with Gasteiger partial charge in [-0.05, 0) is 30.0 Å². The summed E-state index contributed by atoms with van der Waals surface area (Å²) >= 11 is 6.09. The van der Waals surface area contributed by atoms with Gasteiger partial charge >= 0.3 is 0 Å². The van der Waals surface area contributed by atoms with E-state index >= 15 is 0 Å². The molecule has 0 unspecified atom stereocenters. The van der Waals surface area contributed by atoms with Crippen molar-refractivity contribution in [3.8, 4) is 0 Å². The molecule has 15 heavy (non-hydrogen) atoms. The molecule has 1 aromatic heterocycles. The fourth-order valence-electron chi connectivity index (χ4n) is 1.62. The smallest absolute Gasteiger partial charge is 0.0884 e. The van der Waals surface area contributed by atoms with Gasteiger partial charge < -0.3 is 4.74 Å². The normalized spacial score (nSPS) is 10.9. The largest absolute Gasteiger partial charge is 0.378 e. The summed E-state index contributed by atoms with van der Waals surface area (Å²) in [5, 5.41) is 2.88. The summed E-state index contributed by atoms with van der Waals surface area (Å²) in [4.78, 5) is 4.29. The predicted molar refractivity (Wildman–Crippen MR) is 62.2 cm³/mol. The van der Waals surface area contributed by atoms with Gasteiger partial charge in [0, 0.05) is 23.7 Å². The number of aromatic nitrogens is 1. The van der Waals surface area contributed by atoms with Gasteiger partial charge in [0.2, 0.25) is 0 Å². The molecule has 0 aliphatic carbocycles. The van der Waals surface area contributed by atoms with Crippen molar-refractivity contribution >= 4 is 22.4 Å². The summed E-state index contributed by atoms with van der Waals surface area (Å²) in [6, 6.07) is 5.94. The van der Waals surface area contributed by atoms with E-state index in [1.807, 2.05) is 18.2 Å². The molecule has 0 aliphatic rings. The van der Waals surface area contributed by atoms with E-state index in [0.29, 0.717) is 6.61 Å². The van der Waals surface area contributed by atoms with Gasteiger partial charge in [-0.15, -0.1) is 0 Å². The van der Waals surface area contributed by atoms with Crippen molar-refractivity contribution in [2.24, 2.45) is 0 Å². The minimum Gasteiger partial charge on any atom is -0.378 e. The molecule has 78 valence electrons. The lowest BCUT2D eigenvalue weighted by Gasteiger charge is -2.06. The third kappa shape index (κ3) is 1.96. The van der Waals surface area contributed by atoms with E-state index in [9.17, 15) is 0 Å². The monoisotopic (exact) mass is 221 g/mol. The van der Waals surface area contributed by atoms with Gasteiger partial charge in [0.15, 0.2) is 0 Å². The van der Waals surface area contributed by atoms with Crippen molar-refractivity contribution in [2.75, 3.05) is 7.11 Å². The maximum absolute atomic E-state index is 6.09. The quantitative estimate of drug-likeness (QED) is 0.776. The Balaban J connectivity index is 2.65. The number of aryl methyl sites for hydroxylation is 1. The summed E-state index contributed by atoms with van der Waals surface area (Å²) in [6.45, 7) is 2.59. The number of methoxy groups -OCH3 is 1. The molecule has 0 bridgehead atoms. The van der Waals surface area contributed by atoms with Crippen molar-refractivity contribution in [1.29, 1.82) is 0 Å². The Morgan fingerprint density at radius 1 is 1.33 bits per heavy atom. The minimum absolute atomic E-state index is 0.530. The Bertz CT molecular complexity index is 496. The van der Waals surface area contributed by atoms with E-state index in [1.165, 1.54) is 5.56 Å². The lowest BCUT2D eigenvalue weighted by atomic mass is 10.1. The number of halogens is 1. The predicted octanol–water partition coefficient (Wildman–Crippen LogP) is 3.34. The highest BCUT2D eigenvalue weighted by Crippen LogP contribution is 2.26. The van der Waals surface area contributed by atoms with Crippen molar-refractivity contribution < 1.29 is 4.74 Å². The zero-order chi connectivity index (χ0) is 10.8. The van der Waals surface area contributed by atoms with Crippen LogP contribution in [0.3, 0.4) is 0 Å². The number of rotatable bonds is 2. The molecule has 1 heterocycles. The molecule has 2 aromatic rings. The lowest BCUT2D eigenvalue weighted by molar-refractivity contribution is 0.181. The van der Waals surface area contributed by atoms with Crippen LogP contribution in [0.5, 0.6) is 0 Å². The van der Waals surface area contributed by atoms with E-state index in [2.05, 4.69) is 11.9 Å². The molecule has 2 rings (SSSR count). The first-order valence-corrected chi connectivity index (χ1v) is 5.13. The highest BCUT2D eigenvalue weighted by atomic mass is 35.5. The highest BCUT2D eigenvalue weighted by molar-refractivity contribution is 6.35. The number of hydrogen-bond acceptors (Lipinski definition) is 2. The Morgan fingerprint density at radius 3 is 2.87 bits per heavy atom. The molecule has 0 N–H and O–H groups in total. The number of nitrogens with zero attached hydrogens (tertiary/aromatic N) is 1. The Kier molecular flexibility index (Phi) is 2.89. The van der Waals surface area contributed by atoms with Crippen LogP contribution in [0.15, 0.2) is 24.4 Å². The van der Waals surface area contributed by atoms with Crippen molar-refractivity contribution in [2.45, 2.75) is 13.5 Å². The first kappa shape index (κ1) is 10.4. The molecule has 0 aliphatic heterocycles. The summed E-state index contributed by atoms with van der Waals surface area (Å²) in [6.07, 6.45) is 1.80. The molecule has 0 saturated heterocycles. The Hall–Kier alpha value is -1.12. The van der Waals surface area contributed by atoms with Gasteiger partial charge in [-0.3, -0.25) is 4.98 Å². The fraction of sp³-hybridized carbons (Fsp3) is 0.250. The van der Waals surface area contributed by atoms with Crippen molar-refractivity contribution in [3.63, 3.8) is 0 Å². The van der Waals surface area contributed by atoms with Gasteiger partial charge in [-0.2, -0.15) is 0 Å². The minimum atomic E-state index is 0.530. The topological polar surface area (TPSA) is 22.1 Å². The lowest BCUT2D eigenvalue weighted by Crippen LogP contribution is -1.92. The van der Waals surface area contributed by atoms with E-state index in [4.69, 9.17) is 16.3 Å². The number of fused-ring (bicyclic) bond motifs is 1. The second kappa shape index (κ2) is 4.17. The van der Waals surface area contributed by atoms with Crippen LogP contribution in [0.25, 0.3) is 10.8 Å². The van der Waals surface area contributed by atoms with Crippen LogP contribution >= 0.6 is 11.6 Å². The summed E-state index contributed by atoms with van der Waals surface area (Å²) in [5.74, 6) is 0. The van der Waals surface area contributed by atoms with Crippen molar-refractivity contribution in [3.05, 3.63) is 40.7 Å². The first-order valence-electron chi connectivity index (χ1n) is 4.75. The van der Waals surface area contributed by atoms with Gasteiger partial charge in [0.05, 0.1) is 12.3 Å². The van der Waals surface area contributed by atoms with Crippen LogP contribution in [-0.2, 0) is 11.3 Å². The molecule has 0 spiro atoms. The molecule has 0 radical (unpaired) electrons. The average molecular weight is 222 g/mol. The standard InChI is InChI=1S/C12H12ClNO/c1-8-3-4-12(13)11-6-14-9(7-15-2)5-10(8)11/h3-6H,7H2,1-2H3. The third-order valence-electron chi connectivity index (χ3n) is 2.41. The number of pyridine rings is 1. The molecule has 3 heteroatoms. The zero-order valence-corrected chi connectivity index (χ0v) is 9.51. The number of hydrogen-bond donors (Lipinski definition) is 0. The Labute approximate surface area is 93.8 Å². The van der Waals surface area contributed by atoms with E-state index in [-0.39, 0.29) is 0 Å². The number of benzene rings is 1. The van der Waals surface area contributed by atoms with Gasteiger partial charge in [-0.25, -0.2) is 0 Å². The van der Waals surface area contributed by atoms with Crippen LogP contribution in [0, 0.1) is 6.92 Å². The molecule has 1 aromatic carbocycles. The summed E-state index contributed by atoms with van der Waals surface area (Å²) in [7, 11) is 1.66.